The summed E-state index contributed by atoms with van der Waals surface area (Å²) in [6.45, 7) is 3.09. The molecule has 3 aliphatic heterocycles. The van der Waals surface area contributed by atoms with Crippen LogP contribution < -0.4 is 16.0 Å². The summed E-state index contributed by atoms with van der Waals surface area (Å²) in [6, 6.07) is 5.76. The Kier molecular flexibility index (Phi) is 5.22. The standard InChI is InChI=1S/C20H26N4O3/c25-17-8-7-16(19(26)23-17)24-12-14-5-3-4-13(18(14)20(24)27)10-22-15-6-1-2-9-21-11-15/h3-5,15-16,21-22H,1-2,6-12H2,(H,23,25,26). The van der Waals surface area contributed by atoms with Crippen LogP contribution in [0.3, 0.4) is 0 Å². The number of hydrogen-bond donors (Lipinski definition) is 3. The minimum absolute atomic E-state index is 0.101. The van der Waals surface area contributed by atoms with Crippen LogP contribution in [0.2, 0.25) is 0 Å². The number of imide groups is 1. The van der Waals surface area contributed by atoms with Crippen molar-refractivity contribution < 1.29 is 14.4 Å². The van der Waals surface area contributed by atoms with E-state index >= 15 is 0 Å². The zero-order valence-electron chi connectivity index (χ0n) is 15.4. The van der Waals surface area contributed by atoms with E-state index in [0.29, 0.717) is 25.6 Å². The highest BCUT2D eigenvalue weighted by atomic mass is 16.2. The van der Waals surface area contributed by atoms with Crippen molar-refractivity contribution in [2.45, 2.75) is 57.3 Å². The third-order valence-electron chi connectivity index (χ3n) is 5.77. The van der Waals surface area contributed by atoms with E-state index in [0.717, 1.165) is 36.2 Å². The molecule has 0 saturated carbocycles. The minimum atomic E-state index is -0.561. The van der Waals surface area contributed by atoms with Crippen molar-refractivity contribution in [1.29, 1.82) is 0 Å². The number of nitrogens with one attached hydrogen (secondary N) is 3. The van der Waals surface area contributed by atoms with Crippen molar-refractivity contribution in [3.63, 3.8) is 0 Å². The number of nitrogens with zero attached hydrogens (tertiary/aromatic N) is 1. The summed E-state index contributed by atoms with van der Waals surface area (Å²) in [7, 11) is 0. The molecule has 0 aromatic heterocycles. The van der Waals surface area contributed by atoms with Crippen molar-refractivity contribution >= 4 is 17.7 Å². The molecule has 4 rings (SSSR count). The average Bonchev–Trinajstić information content (AvgIpc) is 2.83. The summed E-state index contributed by atoms with van der Waals surface area (Å²) in [4.78, 5) is 38.3. The van der Waals surface area contributed by atoms with E-state index in [-0.39, 0.29) is 24.1 Å². The Morgan fingerprint density at radius 1 is 1.15 bits per heavy atom. The molecule has 2 saturated heterocycles. The predicted octanol–water partition coefficient (Wildman–Crippen LogP) is 0.679. The molecule has 7 nitrogen and oxygen atoms in total. The first-order valence-corrected chi connectivity index (χ1v) is 9.83. The Hall–Kier alpha value is -2.25. The Morgan fingerprint density at radius 3 is 2.89 bits per heavy atom. The zero-order valence-corrected chi connectivity index (χ0v) is 15.4. The molecule has 0 bridgehead atoms. The van der Waals surface area contributed by atoms with E-state index in [1.54, 1.807) is 4.90 Å². The summed E-state index contributed by atoms with van der Waals surface area (Å²) in [6.07, 6.45) is 4.22. The van der Waals surface area contributed by atoms with Gasteiger partial charge < -0.3 is 15.5 Å². The molecular weight excluding hydrogens is 344 g/mol. The maximum Gasteiger partial charge on any atom is 0.255 e. The number of rotatable bonds is 4. The van der Waals surface area contributed by atoms with Gasteiger partial charge in [-0.3, -0.25) is 19.7 Å². The van der Waals surface area contributed by atoms with Gasteiger partial charge in [-0.15, -0.1) is 0 Å². The van der Waals surface area contributed by atoms with Crippen LogP contribution >= 0.6 is 0 Å². The number of fused-ring (bicyclic) bond motifs is 1. The molecule has 1 aromatic rings. The highest BCUT2D eigenvalue weighted by Crippen LogP contribution is 2.29. The third-order valence-corrected chi connectivity index (χ3v) is 5.77. The quantitative estimate of drug-likeness (QED) is 0.678. The van der Waals surface area contributed by atoms with Gasteiger partial charge in [-0.1, -0.05) is 24.6 Å². The van der Waals surface area contributed by atoms with Gasteiger partial charge in [-0.2, -0.15) is 0 Å². The molecule has 3 aliphatic rings. The second-order valence-electron chi connectivity index (χ2n) is 7.63. The number of carbonyl (C=O) groups excluding carboxylic acids is 3. The number of piperidine rings is 1. The molecule has 7 heteroatoms. The molecule has 3 amide bonds. The molecule has 0 radical (unpaired) electrons. The van der Waals surface area contributed by atoms with Crippen molar-refractivity contribution in [1.82, 2.24) is 20.9 Å². The first kappa shape index (κ1) is 18.1. The number of benzene rings is 1. The van der Waals surface area contributed by atoms with Crippen molar-refractivity contribution in [3.05, 3.63) is 34.9 Å². The zero-order chi connectivity index (χ0) is 18.8. The van der Waals surface area contributed by atoms with Gasteiger partial charge in [0, 0.05) is 37.7 Å². The van der Waals surface area contributed by atoms with Crippen molar-refractivity contribution in [3.8, 4) is 0 Å². The monoisotopic (exact) mass is 370 g/mol. The maximum atomic E-state index is 13.1. The van der Waals surface area contributed by atoms with E-state index < -0.39 is 6.04 Å². The molecule has 1 aromatic carbocycles. The van der Waals surface area contributed by atoms with Crippen LogP contribution in [0.4, 0.5) is 0 Å². The molecule has 3 heterocycles. The van der Waals surface area contributed by atoms with E-state index in [1.807, 2.05) is 18.2 Å². The minimum Gasteiger partial charge on any atom is -0.322 e. The first-order valence-electron chi connectivity index (χ1n) is 9.83. The van der Waals surface area contributed by atoms with Crippen LogP contribution in [0.15, 0.2) is 18.2 Å². The fraction of sp³-hybridized carbons (Fsp3) is 0.550. The lowest BCUT2D eigenvalue weighted by Crippen LogP contribution is -2.52. The highest BCUT2D eigenvalue weighted by molar-refractivity contribution is 6.05. The Labute approximate surface area is 158 Å². The van der Waals surface area contributed by atoms with Crippen LogP contribution in [0, 0.1) is 0 Å². The van der Waals surface area contributed by atoms with Crippen molar-refractivity contribution in [2.24, 2.45) is 0 Å². The van der Waals surface area contributed by atoms with E-state index in [1.165, 1.54) is 12.8 Å². The fourth-order valence-electron chi connectivity index (χ4n) is 4.28. The highest BCUT2D eigenvalue weighted by Gasteiger charge is 2.39. The molecule has 2 atom stereocenters. The fourth-order valence-corrected chi connectivity index (χ4v) is 4.28. The van der Waals surface area contributed by atoms with Gasteiger partial charge in [0.25, 0.3) is 5.91 Å². The van der Waals surface area contributed by atoms with Gasteiger partial charge in [0.1, 0.15) is 6.04 Å². The van der Waals surface area contributed by atoms with Gasteiger partial charge in [0.15, 0.2) is 0 Å². The maximum absolute atomic E-state index is 13.1. The van der Waals surface area contributed by atoms with Gasteiger partial charge in [-0.05, 0) is 36.9 Å². The topological polar surface area (TPSA) is 90.5 Å². The molecule has 3 N–H and O–H groups in total. The Balaban J connectivity index is 1.48. The van der Waals surface area contributed by atoms with Crippen LogP contribution in [0.25, 0.3) is 0 Å². The second-order valence-corrected chi connectivity index (χ2v) is 7.63. The van der Waals surface area contributed by atoms with Crippen LogP contribution in [-0.2, 0) is 22.7 Å². The summed E-state index contributed by atoms with van der Waals surface area (Å²) >= 11 is 0. The Bertz CT molecular complexity index is 756. The summed E-state index contributed by atoms with van der Waals surface area (Å²) in [5.74, 6) is -0.727. The van der Waals surface area contributed by atoms with E-state index in [4.69, 9.17) is 0 Å². The molecule has 0 spiro atoms. The predicted molar refractivity (Wildman–Crippen MR) is 99.8 cm³/mol. The number of amides is 3. The molecule has 2 unspecified atom stereocenters. The molecule has 27 heavy (non-hydrogen) atoms. The summed E-state index contributed by atoms with van der Waals surface area (Å²) in [5, 5.41) is 9.37. The summed E-state index contributed by atoms with van der Waals surface area (Å²) < 4.78 is 0. The van der Waals surface area contributed by atoms with E-state index in [2.05, 4.69) is 16.0 Å². The van der Waals surface area contributed by atoms with E-state index in [9.17, 15) is 14.4 Å². The second kappa shape index (κ2) is 7.78. The molecule has 144 valence electrons. The SMILES string of the molecule is O=C1CCC(N2Cc3cccc(CNC4CCCCNC4)c3C2=O)C(=O)N1. The molecular formula is C20H26N4O3. The number of carbonyl (C=O) groups is 3. The van der Waals surface area contributed by atoms with Crippen LogP contribution in [0.1, 0.15) is 53.6 Å². The van der Waals surface area contributed by atoms with Gasteiger partial charge in [0.05, 0.1) is 0 Å². The largest absolute Gasteiger partial charge is 0.322 e. The smallest absolute Gasteiger partial charge is 0.255 e. The lowest BCUT2D eigenvalue weighted by atomic mass is 10.0. The summed E-state index contributed by atoms with van der Waals surface area (Å²) in [5.41, 5.74) is 2.66. The van der Waals surface area contributed by atoms with Crippen molar-refractivity contribution in [2.75, 3.05) is 13.1 Å². The third kappa shape index (κ3) is 3.75. The molecule has 0 aliphatic carbocycles. The van der Waals surface area contributed by atoms with Crippen LogP contribution in [-0.4, -0.2) is 47.8 Å². The lowest BCUT2D eigenvalue weighted by Gasteiger charge is -2.29. The average molecular weight is 370 g/mol. The molecule has 2 fully saturated rings. The van der Waals surface area contributed by atoms with Gasteiger partial charge >= 0.3 is 0 Å². The van der Waals surface area contributed by atoms with Crippen LogP contribution in [0.5, 0.6) is 0 Å². The van der Waals surface area contributed by atoms with Gasteiger partial charge in [-0.25, -0.2) is 0 Å². The first-order chi connectivity index (χ1) is 13.1. The Morgan fingerprint density at radius 2 is 2.04 bits per heavy atom. The number of hydrogen-bond acceptors (Lipinski definition) is 5. The normalized spacial score (nSPS) is 25.9. The van der Waals surface area contributed by atoms with Gasteiger partial charge in [0.2, 0.25) is 11.8 Å². The lowest BCUT2D eigenvalue weighted by molar-refractivity contribution is -0.136.